The number of nitrogens with zero attached hydrogens (tertiary/aromatic N) is 3. The van der Waals surface area contributed by atoms with Crippen LogP contribution in [0.3, 0.4) is 0 Å². The largest absolute Gasteiger partial charge is 0.337 e. The van der Waals surface area contributed by atoms with Gasteiger partial charge in [0.25, 0.3) is 5.91 Å². The number of hydrogen-bond acceptors (Lipinski definition) is 3. The van der Waals surface area contributed by atoms with Crippen molar-refractivity contribution in [3.8, 4) is 0 Å². The number of amides is 1. The molecule has 0 N–H and O–H groups in total. The molecule has 1 saturated heterocycles. The van der Waals surface area contributed by atoms with Gasteiger partial charge < -0.3 is 4.90 Å². The Morgan fingerprint density at radius 2 is 2.17 bits per heavy atom. The van der Waals surface area contributed by atoms with Gasteiger partial charge in [0.05, 0.1) is 12.4 Å². The molecule has 1 aliphatic rings. The van der Waals surface area contributed by atoms with Crippen LogP contribution in [0.25, 0.3) is 0 Å². The third kappa shape index (κ3) is 2.48. The van der Waals surface area contributed by atoms with Crippen LogP contribution in [-0.4, -0.2) is 33.9 Å². The Bertz CT molecular complexity index is 446. The SMILES string of the molecule is CCC1(CC)CCN(C(=O)c2cncc(Cl)n2)C1. The van der Waals surface area contributed by atoms with Gasteiger partial charge in [-0.25, -0.2) is 4.98 Å². The first kappa shape index (κ1) is 13.3. The number of hydrogen-bond donors (Lipinski definition) is 0. The molecule has 2 rings (SSSR count). The molecule has 1 amide bonds. The van der Waals surface area contributed by atoms with Crippen molar-refractivity contribution in [1.29, 1.82) is 0 Å². The Morgan fingerprint density at radius 1 is 1.44 bits per heavy atom. The fourth-order valence-corrected chi connectivity index (χ4v) is 2.69. The second-order valence-electron chi connectivity index (χ2n) is 4.91. The quantitative estimate of drug-likeness (QED) is 0.846. The van der Waals surface area contributed by atoms with Gasteiger partial charge in [0.1, 0.15) is 10.8 Å². The van der Waals surface area contributed by atoms with Crippen LogP contribution >= 0.6 is 11.6 Å². The molecule has 1 aromatic heterocycles. The highest BCUT2D eigenvalue weighted by Gasteiger charge is 2.37. The third-order valence-corrected chi connectivity index (χ3v) is 4.23. The average Bonchev–Trinajstić information content (AvgIpc) is 2.83. The Balaban J connectivity index is 2.12. The minimum Gasteiger partial charge on any atom is -0.337 e. The van der Waals surface area contributed by atoms with Crippen molar-refractivity contribution < 1.29 is 4.79 Å². The maximum absolute atomic E-state index is 12.3. The Labute approximate surface area is 112 Å². The average molecular weight is 268 g/mol. The summed E-state index contributed by atoms with van der Waals surface area (Å²) >= 11 is 5.76. The van der Waals surface area contributed by atoms with Gasteiger partial charge in [-0.05, 0) is 24.7 Å². The fraction of sp³-hybridized carbons (Fsp3) is 0.615. The van der Waals surface area contributed by atoms with Crippen molar-refractivity contribution >= 4 is 17.5 Å². The van der Waals surface area contributed by atoms with Gasteiger partial charge in [0.2, 0.25) is 0 Å². The van der Waals surface area contributed by atoms with Gasteiger partial charge in [-0.15, -0.1) is 0 Å². The minimum atomic E-state index is -0.0613. The lowest BCUT2D eigenvalue weighted by molar-refractivity contribution is 0.0763. The zero-order valence-electron chi connectivity index (χ0n) is 10.8. The van der Waals surface area contributed by atoms with Crippen molar-refractivity contribution in [2.24, 2.45) is 5.41 Å². The minimum absolute atomic E-state index is 0.0613. The van der Waals surface area contributed by atoms with Crippen LogP contribution in [0.4, 0.5) is 0 Å². The van der Waals surface area contributed by atoms with E-state index in [4.69, 9.17) is 11.6 Å². The number of rotatable bonds is 3. The van der Waals surface area contributed by atoms with E-state index in [-0.39, 0.29) is 16.5 Å². The van der Waals surface area contributed by atoms with E-state index in [9.17, 15) is 4.79 Å². The molecule has 18 heavy (non-hydrogen) atoms. The van der Waals surface area contributed by atoms with Crippen LogP contribution in [0.1, 0.15) is 43.6 Å². The molecule has 0 bridgehead atoms. The number of halogens is 1. The second kappa shape index (κ2) is 5.22. The number of carbonyl (C=O) groups is 1. The zero-order valence-corrected chi connectivity index (χ0v) is 11.6. The van der Waals surface area contributed by atoms with Crippen LogP contribution in [0.5, 0.6) is 0 Å². The van der Waals surface area contributed by atoms with E-state index in [1.54, 1.807) is 0 Å². The van der Waals surface area contributed by atoms with E-state index in [1.165, 1.54) is 12.4 Å². The molecule has 0 unspecified atom stereocenters. The normalized spacial score (nSPS) is 18.1. The molecule has 1 aliphatic heterocycles. The lowest BCUT2D eigenvalue weighted by Gasteiger charge is -2.26. The van der Waals surface area contributed by atoms with Crippen molar-refractivity contribution in [1.82, 2.24) is 14.9 Å². The van der Waals surface area contributed by atoms with E-state index in [1.807, 2.05) is 4.90 Å². The summed E-state index contributed by atoms with van der Waals surface area (Å²) in [6, 6.07) is 0. The summed E-state index contributed by atoms with van der Waals surface area (Å²) < 4.78 is 0. The van der Waals surface area contributed by atoms with Crippen molar-refractivity contribution in [3.63, 3.8) is 0 Å². The zero-order chi connectivity index (χ0) is 13.2. The van der Waals surface area contributed by atoms with Gasteiger partial charge in [-0.2, -0.15) is 0 Å². The molecule has 0 aromatic carbocycles. The highest BCUT2D eigenvalue weighted by molar-refractivity contribution is 6.29. The van der Waals surface area contributed by atoms with Crippen LogP contribution in [0.2, 0.25) is 5.15 Å². The third-order valence-electron chi connectivity index (χ3n) is 4.05. The molecule has 5 heteroatoms. The molecule has 0 aliphatic carbocycles. The van der Waals surface area contributed by atoms with Gasteiger partial charge in [-0.3, -0.25) is 9.78 Å². The van der Waals surface area contributed by atoms with E-state index < -0.39 is 0 Å². The molecule has 0 radical (unpaired) electrons. The van der Waals surface area contributed by atoms with Gasteiger partial charge in [0, 0.05) is 13.1 Å². The molecular weight excluding hydrogens is 250 g/mol. The smallest absolute Gasteiger partial charge is 0.274 e. The van der Waals surface area contributed by atoms with Crippen LogP contribution in [0, 0.1) is 5.41 Å². The molecule has 0 atom stereocenters. The second-order valence-corrected chi connectivity index (χ2v) is 5.30. The highest BCUT2D eigenvalue weighted by Crippen LogP contribution is 2.37. The van der Waals surface area contributed by atoms with Crippen molar-refractivity contribution in [2.45, 2.75) is 33.1 Å². The maximum atomic E-state index is 12.3. The summed E-state index contributed by atoms with van der Waals surface area (Å²) in [4.78, 5) is 22.1. The maximum Gasteiger partial charge on any atom is 0.274 e. The number of likely N-dealkylation sites (tertiary alicyclic amines) is 1. The van der Waals surface area contributed by atoms with E-state index in [0.29, 0.717) is 5.69 Å². The topological polar surface area (TPSA) is 46.1 Å². The Hall–Kier alpha value is -1.16. The summed E-state index contributed by atoms with van der Waals surface area (Å²) in [5, 5.41) is 0.261. The van der Waals surface area contributed by atoms with E-state index in [0.717, 1.165) is 32.4 Å². The Morgan fingerprint density at radius 3 is 2.72 bits per heavy atom. The van der Waals surface area contributed by atoms with Crippen molar-refractivity contribution in [2.75, 3.05) is 13.1 Å². The monoisotopic (exact) mass is 267 g/mol. The van der Waals surface area contributed by atoms with E-state index in [2.05, 4.69) is 23.8 Å². The standard InChI is InChI=1S/C13H18ClN3O/c1-3-13(4-2)5-6-17(9-13)12(18)10-7-15-8-11(14)16-10/h7-8H,3-6,9H2,1-2H3. The number of carbonyl (C=O) groups excluding carboxylic acids is 1. The van der Waals surface area contributed by atoms with Gasteiger partial charge in [0.15, 0.2) is 0 Å². The molecular formula is C13H18ClN3O. The van der Waals surface area contributed by atoms with E-state index >= 15 is 0 Å². The van der Waals surface area contributed by atoms with Crippen LogP contribution in [-0.2, 0) is 0 Å². The highest BCUT2D eigenvalue weighted by atomic mass is 35.5. The lowest BCUT2D eigenvalue weighted by Crippen LogP contribution is -2.32. The fourth-order valence-electron chi connectivity index (χ4n) is 2.54. The molecule has 1 fully saturated rings. The molecule has 1 aromatic rings. The predicted molar refractivity (Wildman–Crippen MR) is 70.6 cm³/mol. The summed E-state index contributed by atoms with van der Waals surface area (Å²) in [7, 11) is 0. The first-order valence-electron chi connectivity index (χ1n) is 6.37. The first-order chi connectivity index (χ1) is 8.60. The molecule has 0 spiro atoms. The van der Waals surface area contributed by atoms with Crippen LogP contribution in [0.15, 0.2) is 12.4 Å². The van der Waals surface area contributed by atoms with Gasteiger partial charge >= 0.3 is 0 Å². The molecule has 98 valence electrons. The first-order valence-corrected chi connectivity index (χ1v) is 6.75. The molecule has 0 saturated carbocycles. The number of aromatic nitrogens is 2. The Kier molecular flexibility index (Phi) is 3.85. The summed E-state index contributed by atoms with van der Waals surface area (Å²) in [5.41, 5.74) is 0.618. The predicted octanol–water partition coefficient (Wildman–Crippen LogP) is 2.78. The van der Waals surface area contributed by atoms with Crippen LogP contribution < -0.4 is 0 Å². The molecule has 2 heterocycles. The van der Waals surface area contributed by atoms with Gasteiger partial charge in [-0.1, -0.05) is 25.4 Å². The van der Waals surface area contributed by atoms with Crippen molar-refractivity contribution in [3.05, 3.63) is 23.2 Å². The summed E-state index contributed by atoms with van der Waals surface area (Å²) in [5.74, 6) is -0.0613. The summed E-state index contributed by atoms with van der Waals surface area (Å²) in [6.07, 6.45) is 6.19. The molecule has 4 nitrogen and oxygen atoms in total. The summed E-state index contributed by atoms with van der Waals surface area (Å²) in [6.45, 7) is 6.00. The lowest BCUT2D eigenvalue weighted by atomic mass is 9.82.